The molecule has 42 heavy (non-hydrogen) atoms. The maximum atomic E-state index is 15.2. The molecule has 2 aromatic carbocycles. The van der Waals surface area contributed by atoms with E-state index in [9.17, 15) is 13.5 Å². The fourth-order valence-corrected chi connectivity index (χ4v) is 5.84. The van der Waals surface area contributed by atoms with Gasteiger partial charge >= 0.3 is 0 Å². The van der Waals surface area contributed by atoms with Crippen molar-refractivity contribution in [2.75, 3.05) is 63.9 Å². The van der Waals surface area contributed by atoms with Gasteiger partial charge in [0.1, 0.15) is 11.9 Å². The van der Waals surface area contributed by atoms with Gasteiger partial charge in [-0.1, -0.05) is 18.1 Å². The first-order valence-electron chi connectivity index (χ1n) is 13.8. The van der Waals surface area contributed by atoms with E-state index >= 15 is 4.39 Å². The number of nitrogens with zero attached hydrogens (tertiary/aromatic N) is 2. The monoisotopic (exact) mass is 598 g/mol. The van der Waals surface area contributed by atoms with Gasteiger partial charge in [0.2, 0.25) is 0 Å². The smallest absolute Gasteiger partial charge is 0.175 e. The minimum absolute atomic E-state index is 0.180. The lowest BCUT2D eigenvalue weighted by molar-refractivity contribution is 0.0215. The second-order valence-corrected chi connectivity index (χ2v) is 12.4. The van der Waals surface area contributed by atoms with Gasteiger partial charge in [-0.05, 0) is 42.7 Å². The van der Waals surface area contributed by atoms with Gasteiger partial charge in [-0.25, -0.2) is 12.8 Å². The zero-order valence-corrected chi connectivity index (χ0v) is 25.1. The van der Waals surface area contributed by atoms with Crippen molar-refractivity contribution in [3.8, 4) is 17.6 Å². The van der Waals surface area contributed by atoms with E-state index in [1.54, 1.807) is 6.07 Å². The molecule has 226 valence electrons. The molecule has 1 unspecified atom stereocenters. The molecule has 9 nitrogen and oxygen atoms in total. The molecule has 0 radical (unpaired) electrons. The lowest BCUT2D eigenvalue weighted by Crippen LogP contribution is -2.50. The largest absolute Gasteiger partial charge is 0.495 e. The van der Waals surface area contributed by atoms with Gasteiger partial charge in [0.05, 0.1) is 54.2 Å². The first-order valence-corrected chi connectivity index (χ1v) is 15.7. The number of likely N-dealkylation sites (tertiary alicyclic amines) is 1. The van der Waals surface area contributed by atoms with Crippen molar-refractivity contribution in [1.29, 1.82) is 0 Å². The van der Waals surface area contributed by atoms with Gasteiger partial charge in [-0.15, -0.1) is 6.58 Å². The molecule has 0 spiro atoms. The summed E-state index contributed by atoms with van der Waals surface area (Å²) in [5.74, 6) is 6.78. The molecule has 1 aromatic heterocycles. The van der Waals surface area contributed by atoms with Crippen LogP contribution in [-0.2, 0) is 21.1 Å². The number of aliphatic hydroxyl groups excluding tert-OH is 1. The number of β-amino-alcohol motifs (C(OH)–C–C–N with tert-alkyl or cyclic N) is 1. The van der Waals surface area contributed by atoms with Crippen LogP contribution in [0.25, 0.3) is 10.9 Å². The molecule has 1 saturated heterocycles. The maximum Gasteiger partial charge on any atom is 0.175 e. The Hall–Kier alpha value is -3.56. The topological polar surface area (TPSA) is 105 Å². The van der Waals surface area contributed by atoms with E-state index in [-0.39, 0.29) is 24.1 Å². The first kappa shape index (κ1) is 31.4. The number of allylic oxidation sites excluding steroid dienone is 1. The number of hydrogen-bond donors (Lipinski definition) is 3. The highest BCUT2D eigenvalue weighted by atomic mass is 32.2. The van der Waals surface area contributed by atoms with E-state index in [0.717, 1.165) is 28.5 Å². The van der Waals surface area contributed by atoms with Crippen LogP contribution in [0, 0.1) is 11.8 Å². The van der Waals surface area contributed by atoms with Gasteiger partial charge in [0, 0.05) is 56.7 Å². The fraction of sp³-hybridized carbons (Fsp3) is 0.419. The third-order valence-electron chi connectivity index (χ3n) is 7.24. The molecule has 4 rings (SSSR count). The number of aromatic nitrogens is 1. The van der Waals surface area contributed by atoms with Gasteiger partial charge < -0.3 is 29.8 Å². The summed E-state index contributed by atoms with van der Waals surface area (Å²) >= 11 is 0. The number of alkyl halides is 1. The van der Waals surface area contributed by atoms with Crippen LogP contribution in [0.4, 0.5) is 15.8 Å². The minimum Gasteiger partial charge on any atom is -0.495 e. The summed E-state index contributed by atoms with van der Waals surface area (Å²) in [6.07, 6.45) is 1.84. The first-order chi connectivity index (χ1) is 20.1. The number of fused-ring (bicyclic) bond motifs is 1. The Balaban J connectivity index is 1.49. The molecule has 0 bridgehead atoms. The zero-order chi connectivity index (χ0) is 30.3. The Morgan fingerprint density at radius 1 is 1.24 bits per heavy atom. The second kappa shape index (κ2) is 14.1. The molecule has 3 aromatic rings. The average molecular weight is 599 g/mol. The van der Waals surface area contributed by atoms with Crippen molar-refractivity contribution in [2.45, 2.75) is 36.2 Å². The molecular formula is C31H39FN4O5S. The van der Waals surface area contributed by atoms with Crippen LogP contribution in [0.2, 0.25) is 0 Å². The summed E-state index contributed by atoms with van der Waals surface area (Å²) in [6, 6.07) is 12.2. The second-order valence-electron chi connectivity index (χ2n) is 10.4. The van der Waals surface area contributed by atoms with E-state index in [1.807, 2.05) is 35.2 Å². The molecule has 1 aliphatic rings. The number of benzene rings is 2. The van der Waals surface area contributed by atoms with Crippen molar-refractivity contribution in [3.05, 3.63) is 60.8 Å². The van der Waals surface area contributed by atoms with Crippen LogP contribution >= 0.6 is 0 Å². The van der Waals surface area contributed by atoms with E-state index in [2.05, 4.69) is 33.6 Å². The summed E-state index contributed by atoms with van der Waals surface area (Å²) in [7, 11) is -0.327. The Bertz CT molecular complexity index is 1560. The predicted octanol–water partition coefficient (Wildman–Crippen LogP) is 3.53. The number of piperidine rings is 1. The maximum absolute atomic E-state index is 15.2. The van der Waals surface area contributed by atoms with Crippen LogP contribution in [0.3, 0.4) is 0 Å². The number of nitrogens with one attached hydrogen (secondary N) is 2. The Morgan fingerprint density at radius 2 is 2.05 bits per heavy atom. The van der Waals surface area contributed by atoms with E-state index in [1.165, 1.54) is 26.4 Å². The lowest BCUT2D eigenvalue weighted by Gasteiger charge is -2.36. The van der Waals surface area contributed by atoms with Gasteiger partial charge in [-0.3, -0.25) is 4.90 Å². The number of aliphatic hydroxyl groups is 1. The summed E-state index contributed by atoms with van der Waals surface area (Å²) in [4.78, 5) is 2.12. The Morgan fingerprint density at radius 3 is 2.74 bits per heavy atom. The number of halogens is 1. The summed E-state index contributed by atoms with van der Waals surface area (Å²) in [5.41, 5.74) is 3.23. The molecule has 0 amide bonds. The molecule has 11 heteroatoms. The van der Waals surface area contributed by atoms with Crippen molar-refractivity contribution in [1.82, 2.24) is 9.47 Å². The summed E-state index contributed by atoms with van der Waals surface area (Å²) in [5, 5.41) is 17.6. The van der Waals surface area contributed by atoms with Crippen LogP contribution in [0.5, 0.6) is 5.75 Å². The quantitative estimate of drug-likeness (QED) is 0.215. The minimum atomic E-state index is -3.35. The van der Waals surface area contributed by atoms with E-state index in [4.69, 9.17) is 9.47 Å². The highest BCUT2D eigenvalue weighted by Gasteiger charge is 2.30. The van der Waals surface area contributed by atoms with E-state index < -0.39 is 22.1 Å². The Labute approximate surface area is 247 Å². The van der Waals surface area contributed by atoms with Crippen molar-refractivity contribution in [2.24, 2.45) is 0 Å². The molecule has 2 heterocycles. The van der Waals surface area contributed by atoms with Gasteiger partial charge in [0.25, 0.3) is 0 Å². The van der Waals surface area contributed by atoms with Crippen LogP contribution in [0.15, 0.2) is 60.0 Å². The fourth-order valence-electron chi connectivity index (χ4n) is 5.20. The number of anilines is 2. The van der Waals surface area contributed by atoms with Crippen LogP contribution < -0.4 is 15.4 Å². The van der Waals surface area contributed by atoms with Crippen molar-refractivity contribution < 1.29 is 27.4 Å². The van der Waals surface area contributed by atoms with Crippen molar-refractivity contribution in [3.63, 3.8) is 0 Å². The van der Waals surface area contributed by atoms with Gasteiger partial charge in [0.15, 0.2) is 9.84 Å². The third-order valence-corrected chi connectivity index (χ3v) is 8.35. The molecule has 0 saturated carbocycles. The highest BCUT2D eigenvalue weighted by molar-refractivity contribution is 7.90. The molecule has 3 atom stereocenters. The number of sulfone groups is 1. The average Bonchev–Trinajstić information content (AvgIpc) is 3.30. The number of rotatable bonds is 12. The molecule has 1 aliphatic heterocycles. The van der Waals surface area contributed by atoms with Crippen LogP contribution in [-0.4, -0.2) is 94.6 Å². The number of ether oxygens (including phenoxy) is 2. The summed E-state index contributed by atoms with van der Waals surface area (Å²) < 4.78 is 51.3. The van der Waals surface area contributed by atoms with Crippen LogP contribution in [0.1, 0.15) is 12.1 Å². The van der Waals surface area contributed by atoms with Gasteiger partial charge in [-0.2, -0.15) is 0 Å². The summed E-state index contributed by atoms with van der Waals surface area (Å²) in [6.45, 7) is 6.29. The number of methoxy groups -OCH3 is 2. The standard InChI is InChI=1S/C31H39FN4O5S/c1-5-15-36-22(8-7-14-33-29-12-11-24(42(4,38)39)18-31(29)41-3)17-25-27(9-6-10-30(25)36)34-28-13-16-35(20-26(28)32)19-23(37)21-40-2/h5-6,9-12,17-18,23,26,28,33-34,37H,1,13-16,19-21H2,2-4H3/t23?,26-,28+/m1/s1. The molecular weight excluding hydrogens is 559 g/mol. The van der Waals surface area contributed by atoms with E-state index in [0.29, 0.717) is 44.0 Å². The highest BCUT2D eigenvalue weighted by Crippen LogP contribution is 2.30. The number of hydrogen-bond acceptors (Lipinski definition) is 8. The normalized spacial score (nSPS) is 18.2. The Kier molecular flexibility index (Phi) is 10.5. The zero-order valence-electron chi connectivity index (χ0n) is 24.3. The van der Waals surface area contributed by atoms with Crippen molar-refractivity contribution >= 4 is 32.1 Å². The lowest BCUT2D eigenvalue weighted by atomic mass is 10.0. The molecule has 1 fully saturated rings. The third kappa shape index (κ3) is 7.63. The molecule has 0 aliphatic carbocycles. The SMILES string of the molecule is C=CCn1c(C#CCNc2ccc(S(C)(=O)=O)cc2OC)cc2c(N[C@H]3CCN(CC(O)COC)C[C@H]3F)cccc21. The molecule has 3 N–H and O–H groups in total. The predicted molar refractivity (Wildman–Crippen MR) is 165 cm³/mol.